The minimum absolute atomic E-state index is 0.00102. The Balaban J connectivity index is 2.06. The van der Waals surface area contributed by atoms with Crippen LogP contribution in [0.15, 0.2) is 55.1 Å². The molecule has 0 saturated carbocycles. The number of phenolic OH excluding ortho intramolecular Hbond substituents is 1. The number of carbonyl (C=O) groups is 1. The first kappa shape index (κ1) is 13.9. The van der Waals surface area contributed by atoms with Gasteiger partial charge in [-0.15, -0.1) is 0 Å². The molecule has 0 atom stereocenters. The molecule has 5 heteroatoms. The van der Waals surface area contributed by atoms with Gasteiger partial charge in [-0.3, -0.25) is 4.79 Å². The predicted molar refractivity (Wildman–Crippen MR) is 88.1 cm³/mol. The number of halogens is 2. The van der Waals surface area contributed by atoms with Crippen LogP contribution in [0.5, 0.6) is 5.75 Å². The van der Waals surface area contributed by atoms with E-state index in [1.165, 1.54) is 11.8 Å². The van der Waals surface area contributed by atoms with Crippen LogP contribution in [0.3, 0.4) is 0 Å². The zero-order chi connectivity index (χ0) is 14.3. The summed E-state index contributed by atoms with van der Waals surface area (Å²) < 4.78 is 1.42. The largest absolute Gasteiger partial charge is 0.506 e. The maximum atomic E-state index is 12.3. The third-order valence-electron chi connectivity index (χ3n) is 2.92. The molecule has 0 fully saturated rings. The number of benzene rings is 2. The Morgan fingerprint density at radius 3 is 2.65 bits per heavy atom. The van der Waals surface area contributed by atoms with Crippen LogP contribution in [0.2, 0.25) is 0 Å². The Morgan fingerprint density at radius 2 is 1.90 bits per heavy atom. The molecule has 0 unspecified atom stereocenters. The molecule has 2 aromatic carbocycles. The highest BCUT2D eigenvalue weighted by Crippen LogP contribution is 2.42. The van der Waals surface area contributed by atoms with Crippen molar-refractivity contribution in [3.05, 3.63) is 61.4 Å². The fraction of sp³-hybridized carbons (Fsp3) is 0. The Kier molecular flexibility index (Phi) is 3.75. The maximum Gasteiger partial charge on any atom is 0.200 e. The van der Waals surface area contributed by atoms with Crippen molar-refractivity contribution in [1.82, 2.24) is 0 Å². The molecule has 0 amide bonds. The Morgan fingerprint density at radius 1 is 1.15 bits per heavy atom. The minimum Gasteiger partial charge on any atom is -0.506 e. The summed E-state index contributed by atoms with van der Waals surface area (Å²) in [6.45, 7) is 0. The molecule has 1 N–H and O–H groups in total. The van der Waals surface area contributed by atoms with E-state index < -0.39 is 0 Å². The fourth-order valence-corrected chi connectivity index (χ4v) is 4.27. The van der Waals surface area contributed by atoms with E-state index in [1.807, 2.05) is 24.3 Å². The summed E-state index contributed by atoms with van der Waals surface area (Å²) in [6.07, 6.45) is 1.72. The predicted octanol–water partition coefficient (Wildman–Crippen LogP) is 5.25. The van der Waals surface area contributed by atoms with Crippen molar-refractivity contribution in [2.24, 2.45) is 0 Å². The molecule has 1 heterocycles. The SMILES string of the molecule is O=C1/C(=C\c2cc(Br)cc(Br)c2O)Sc2ccccc21. The summed E-state index contributed by atoms with van der Waals surface area (Å²) >= 11 is 8.10. The van der Waals surface area contributed by atoms with Gasteiger partial charge in [0.25, 0.3) is 0 Å². The van der Waals surface area contributed by atoms with Gasteiger partial charge in [0.2, 0.25) is 5.78 Å². The number of hydrogen-bond acceptors (Lipinski definition) is 3. The number of fused-ring (bicyclic) bond motifs is 1. The third-order valence-corrected chi connectivity index (χ3v) is 5.08. The van der Waals surface area contributed by atoms with Crippen LogP contribution in [0.4, 0.5) is 0 Å². The average molecular weight is 412 g/mol. The van der Waals surface area contributed by atoms with E-state index in [2.05, 4.69) is 31.9 Å². The molecule has 2 aromatic rings. The lowest BCUT2D eigenvalue weighted by molar-refractivity contribution is 0.104. The summed E-state index contributed by atoms with van der Waals surface area (Å²) in [4.78, 5) is 13.9. The van der Waals surface area contributed by atoms with E-state index in [9.17, 15) is 9.90 Å². The Labute approximate surface area is 137 Å². The molecule has 3 rings (SSSR count). The van der Waals surface area contributed by atoms with E-state index in [4.69, 9.17) is 0 Å². The van der Waals surface area contributed by atoms with E-state index in [-0.39, 0.29) is 11.5 Å². The van der Waals surface area contributed by atoms with E-state index in [0.717, 1.165) is 14.9 Å². The molecule has 1 aliphatic heterocycles. The first-order valence-corrected chi connectivity index (χ1v) is 8.18. The maximum absolute atomic E-state index is 12.3. The van der Waals surface area contributed by atoms with Gasteiger partial charge in [-0.2, -0.15) is 0 Å². The molecule has 1 aliphatic rings. The van der Waals surface area contributed by atoms with Crippen molar-refractivity contribution < 1.29 is 9.90 Å². The van der Waals surface area contributed by atoms with Gasteiger partial charge >= 0.3 is 0 Å². The zero-order valence-electron chi connectivity index (χ0n) is 10.1. The number of carbonyl (C=O) groups excluding carboxylic acids is 1. The molecular weight excluding hydrogens is 404 g/mol. The smallest absolute Gasteiger partial charge is 0.200 e. The number of allylic oxidation sites excluding steroid dienone is 1. The molecular formula is C15H8Br2O2S. The lowest BCUT2D eigenvalue weighted by Crippen LogP contribution is -1.93. The Hall–Kier alpha value is -1.04. The van der Waals surface area contributed by atoms with Crippen molar-refractivity contribution in [2.45, 2.75) is 4.90 Å². The monoisotopic (exact) mass is 410 g/mol. The highest BCUT2D eigenvalue weighted by atomic mass is 79.9. The molecule has 2 nitrogen and oxygen atoms in total. The number of thioether (sulfide) groups is 1. The van der Waals surface area contributed by atoms with Crippen LogP contribution in [0, 0.1) is 0 Å². The lowest BCUT2D eigenvalue weighted by atomic mass is 10.1. The lowest BCUT2D eigenvalue weighted by Gasteiger charge is -2.04. The first-order chi connectivity index (χ1) is 9.56. The molecule has 0 bridgehead atoms. The number of ketones is 1. The van der Waals surface area contributed by atoms with Crippen LogP contribution in [0.25, 0.3) is 6.08 Å². The van der Waals surface area contributed by atoms with Gasteiger partial charge in [0, 0.05) is 20.5 Å². The number of Topliss-reactive ketones (excluding diaryl/α,β-unsaturated/α-hetero) is 1. The summed E-state index contributed by atoms with van der Waals surface area (Å²) in [5.74, 6) is 0.131. The first-order valence-electron chi connectivity index (χ1n) is 5.77. The van der Waals surface area contributed by atoms with Gasteiger partial charge in [-0.25, -0.2) is 0 Å². The van der Waals surface area contributed by atoms with Crippen molar-refractivity contribution in [2.75, 3.05) is 0 Å². The summed E-state index contributed by atoms with van der Waals surface area (Å²) in [5, 5.41) is 10.1. The third kappa shape index (κ3) is 2.45. The molecule has 20 heavy (non-hydrogen) atoms. The van der Waals surface area contributed by atoms with Crippen molar-refractivity contribution in [3.8, 4) is 5.75 Å². The van der Waals surface area contributed by atoms with E-state index >= 15 is 0 Å². The van der Waals surface area contributed by atoms with Crippen molar-refractivity contribution in [1.29, 1.82) is 0 Å². The van der Waals surface area contributed by atoms with Gasteiger partial charge < -0.3 is 5.11 Å². The topological polar surface area (TPSA) is 37.3 Å². The van der Waals surface area contributed by atoms with Gasteiger partial charge in [-0.05, 0) is 46.3 Å². The summed E-state index contributed by atoms with van der Waals surface area (Å²) in [6, 6.07) is 11.1. The van der Waals surface area contributed by atoms with Crippen molar-refractivity contribution >= 4 is 55.5 Å². The average Bonchev–Trinajstić information content (AvgIpc) is 2.73. The van der Waals surface area contributed by atoms with Crippen LogP contribution in [0.1, 0.15) is 15.9 Å². The number of aromatic hydroxyl groups is 1. The molecule has 100 valence electrons. The number of hydrogen-bond donors (Lipinski definition) is 1. The van der Waals surface area contributed by atoms with Crippen LogP contribution >= 0.6 is 43.6 Å². The van der Waals surface area contributed by atoms with Gasteiger partial charge in [-0.1, -0.05) is 39.8 Å². The second kappa shape index (κ2) is 5.39. The van der Waals surface area contributed by atoms with Gasteiger partial charge in [0.1, 0.15) is 5.75 Å². The van der Waals surface area contributed by atoms with Crippen LogP contribution in [-0.2, 0) is 0 Å². The summed E-state index contributed by atoms with van der Waals surface area (Å²) in [7, 11) is 0. The highest BCUT2D eigenvalue weighted by Gasteiger charge is 2.25. The fourth-order valence-electron chi connectivity index (χ4n) is 1.97. The standard InChI is InChI=1S/C15H8Br2O2S/c16-9-5-8(14(18)11(17)7-9)6-13-15(19)10-3-1-2-4-12(10)20-13/h1-7,18H/b13-6+. The van der Waals surface area contributed by atoms with Crippen LogP contribution in [-0.4, -0.2) is 10.9 Å². The molecule has 0 aromatic heterocycles. The zero-order valence-corrected chi connectivity index (χ0v) is 14.0. The quantitative estimate of drug-likeness (QED) is 0.651. The normalized spacial score (nSPS) is 15.7. The molecule has 0 aliphatic carbocycles. The highest BCUT2D eigenvalue weighted by molar-refractivity contribution is 9.11. The number of rotatable bonds is 1. The minimum atomic E-state index is 0.00102. The van der Waals surface area contributed by atoms with Crippen molar-refractivity contribution in [3.63, 3.8) is 0 Å². The second-order valence-electron chi connectivity index (χ2n) is 4.26. The van der Waals surface area contributed by atoms with Gasteiger partial charge in [0.05, 0.1) is 9.38 Å². The number of phenols is 1. The molecule has 0 spiro atoms. The van der Waals surface area contributed by atoms with Crippen LogP contribution < -0.4 is 0 Å². The molecule has 0 radical (unpaired) electrons. The van der Waals surface area contributed by atoms with Gasteiger partial charge in [0.15, 0.2) is 0 Å². The Bertz CT molecular complexity index is 754. The van der Waals surface area contributed by atoms with E-state index in [0.29, 0.717) is 14.9 Å². The second-order valence-corrected chi connectivity index (χ2v) is 7.12. The summed E-state index contributed by atoms with van der Waals surface area (Å²) in [5.41, 5.74) is 1.33. The van der Waals surface area contributed by atoms with E-state index in [1.54, 1.807) is 18.2 Å². The molecule has 0 saturated heterocycles.